The van der Waals surface area contributed by atoms with E-state index in [0.29, 0.717) is 11.8 Å². The van der Waals surface area contributed by atoms with Crippen LogP contribution in [0.5, 0.6) is 0 Å². The Morgan fingerprint density at radius 1 is 0.783 bits per heavy atom. The molecule has 0 saturated carbocycles. The first-order valence-electron chi connectivity index (χ1n) is 9.50. The summed E-state index contributed by atoms with van der Waals surface area (Å²) in [6, 6.07) is 3.72. The van der Waals surface area contributed by atoms with Crippen molar-refractivity contribution in [1.29, 1.82) is 0 Å². The van der Waals surface area contributed by atoms with Crippen molar-refractivity contribution in [3.05, 3.63) is 48.6 Å². The Morgan fingerprint density at radius 2 is 1.22 bits per heavy atom. The highest BCUT2D eigenvalue weighted by atomic mass is 28.4. The molecule has 0 unspecified atom stereocenters. The van der Waals surface area contributed by atoms with Crippen molar-refractivity contribution in [3.8, 4) is 0 Å². The van der Waals surface area contributed by atoms with Crippen LogP contribution in [0.1, 0.15) is 40.5 Å². The summed E-state index contributed by atoms with van der Waals surface area (Å²) < 4.78 is 6.60. The quantitative estimate of drug-likeness (QED) is 0.428. The smallest absolute Gasteiger partial charge is 0.191 e. The molecule has 0 N–H and O–H groups in total. The van der Waals surface area contributed by atoms with Gasteiger partial charge in [0, 0.05) is 18.4 Å². The predicted molar refractivity (Wildman–Crippen MR) is 104 cm³/mol. The highest BCUT2D eigenvalue weighted by molar-refractivity contribution is 6.73. The summed E-state index contributed by atoms with van der Waals surface area (Å²) in [5.41, 5.74) is 0.266. The van der Waals surface area contributed by atoms with E-state index in [1.54, 1.807) is 0 Å². The van der Waals surface area contributed by atoms with Crippen molar-refractivity contribution in [1.82, 2.24) is 0 Å². The Balaban J connectivity index is 2.12. The van der Waals surface area contributed by atoms with Gasteiger partial charge < -0.3 is 4.43 Å². The molecule has 0 aromatic rings. The van der Waals surface area contributed by atoms with Crippen molar-refractivity contribution in [2.45, 2.75) is 58.7 Å². The standard InChI is InChI=1S/C21H34OSi/c1-5-21(19-13-9-10-14-19,20-15-11-12-16-20)17-18-22-23(6-2,7-3)8-4/h9-16,19-20H,5-8,17-18H2,1-4H3. The van der Waals surface area contributed by atoms with Gasteiger partial charge in [-0.1, -0.05) is 76.3 Å². The molecule has 0 aromatic carbocycles. The van der Waals surface area contributed by atoms with Gasteiger partial charge in [-0.2, -0.15) is 0 Å². The van der Waals surface area contributed by atoms with E-state index in [-0.39, 0.29) is 5.41 Å². The lowest BCUT2D eigenvalue weighted by molar-refractivity contribution is 0.122. The van der Waals surface area contributed by atoms with Crippen molar-refractivity contribution in [2.24, 2.45) is 17.3 Å². The molecule has 0 heterocycles. The summed E-state index contributed by atoms with van der Waals surface area (Å²) in [6.07, 6.45) is 20.7. The maximum atomic E-state index is 6.60. The molecular formula is C21H34OSi. The average Bonchev–Trinajstić information content (AvgIpc) is 3.30. The van der Waals surface area contributed by atoms with Crippen molar-refractivity contribution in [3.63, 3.8) is 0 Å². The van der Waals surface area contributed by atoms with Gasteiger partial charge in [0.15, 0.2) is 8.32 Å². The topological polar surface area (TPSA) is 9.23 Å². The maximum Gasteiger partial charge on any atom is 0.191 e. The van der Waals surface area contributed by atoms with Crippen LogP contribution in [0.2, 0.25) is 18.1 Å². The van der Waals surface area contributed by atoms with Gasteiger partial charge in [0.1, 0.15) is 0 Å². The predicted octanol–water partition coefficient (Wildman–Crippen LogP) is 6.28. The Labute approximate surface area is 144 Å². The molecule has 2 rings (SSSR count). The molecule has 2 aliphatic carbocycles. The van der Waals surface area contributed by atoms with Crippen LogP contribution in [-0.4, -0.2) is 14.9 Å². The van der Waals surface area contributed by atoms with Crippen molar-refractivity contribution in [2.75, 3.05) is 6.61 Å². The summed E-state index contributed by atoms with van der Waals surface area (Å²) in [5, 5.41) is 0. The van der Waals surface area contributed by atoms with Crippen LogP contribution >= 0.6 is 0 Å². The first kappa shape index (κ1) is 18.5. The molecule has 2 heteroatoms. The van der Waals surface area contributed by atoms with Gasteiger partial charge >= 0.3 is 0 Å². The fourth-order valence-corrected chi connectivity index (χ4v) is 7.00. The fraction of sp³-hybridized carbons (Fsp3) is 0.619. The minimum Gasteiger partial charge on any atom is -0.417 e. The molecule has 0 aromatic heterocycles. The van der Waals surface area contributed by atoms with E-state index in [0.717, 1.165) is 13.0 Å². The highest BCUT2D eigenvalue weighted by Gasteiger charge is 2.41. The number of hydrogen-bond acceptors (Lipinski definition) is 1. The number of hydrogen-bond donors (Lipinski definition) is 0. The van der Waals surface area contributed by atoms with Crippen LogP contribution in [0, 0.1) is 17.3 Å². The van der Waals surface area contributed by atoms with Crippen LogP contribution in [0.25, 0.3) is 0 Å². The molecule has 0 atom stereocenters. The molecular weight excluding hydrogens is 296 g/mol. The Kier molecular flexibility index (Phi) is 6.67. The van der Waals surface area contributed by atoms with E-state index in [1.807, 2.05) is 0 Å². The van der Waals surface area contributed by atoms with E-state index < -0.39 is 8.32 Å². The summed E-state index contributed by atoms with van der Waals surface area (Å²) in [6.45, 7) is 10.2. The van der Waals surface area contributed by atoms with E-state index >= 15 is 0 Å². The highest BCUT2D eigenvalue weighted by Crippen LogP contribution is 2.48. The first-order chi connectivity index (χ1) is 11.2. The summed E-state index contributed by atoms with van der Waals surface area (Å²) >= 11 is 0. The third-order valence-corrected chi connectivity index (χ3v) is 11.1. The lowest BCUT2D eigenvalue weighted by Crippen LogP contribution is -2.40. The van der Waals surface area contributed by atoms with Gasteiger partial charge in [-0.25, -0.2) is 0 Å². The van der Waals surface area contributed by atoms with Crippen LogP contribution in [0.3, 0.4) is 0 Å². The van der Waals surface area contributed by atoms with Crippen molar-refractivity contribution < 1.29 is 4.43 Å². The minimum absolute atomic E-state index is 0.266. The molecule has 23 heavy (non-hydrogen) atoms. The molecule has 1 nitrogen and oxygen atoms in total. The Hall–Kier alpha value is -0.863. The zero-order valence-corrected chi connectivity index (χ0v) is 16.4. The van der Waals surface area contributed by atoms with Gasteiger partial charge in [-0.05, 0) is 36.4 Å². The molecule has 0 bridgehead atoms. The lowest BCUT2D eigenvalue weighted by atomic mass is 9.63. The second-order valence-electron chi connectivity index (χ2n) is 7.02. The Bertz CT molecular complexity index is 422. The maximum absolute atomic E-state index is 6.60. The number of rotatable bonds is 10. The second kappa shape index (κ2) is 8.30. The number of allylic oxidation sites excluding steroid dienone is 8. The molecule has 2 aliphatic rings. The first-order valence-corrected chi connectivity index (χ1v) is 12.0. The zero-order chi connectivity index (χ0) is 16.8. The normalized spacial score (nSPS) is 18.6. The van der Waals surface area contributed by atoms with Gasteiger partial charge in [-0.3, -0.25) is 0 Å². The minimum atomic E-state index is -1.48. The van der Waals surface area contributed by atoms with E-state index in [9.17, 15) is 0 Å². The monoisotopic (exact) mass is 330 g/mol. The van der Waals surface area contributed by atoms with Crippen LogP contribution in [0.15, 0.2) is 48.6 Å². The second-order valence-corrected chi connectivity index (χ2v) is 11.8. The van der Waals surface area contributed by atoms with Gasteiger partial charge in [0.2, 0.25) is 0 Å². The summed E-state index contributed by atoms with van der Waals surface area (Å²) in [5.74, 6) is 1.07. The van der Waals surface area contributed by atoms with Gasteiger partial charge in [0.05, 0.1) is 0 Å². The van der Waals surface area contributed by atoms with E-state index in [1.165, 1.54) is 24.6 Å². The van der Waals surface area contributed by atoms with Gasteiger partial charge in [0.25, 0.3) is 0 Å². The van der Waals surface area contributed by atoms with Crippen LogP contribution < -0.4 is 0 Å². The molecule has 0 radical (unpaired) electrons. The van der Waals surface area contributed by atoms with Crippen molar-refractivity contribution >= 4 is 8.32 Å². The molecule has 0 aliphatic heterocycles. The van der Waals surface area contributed by atoms with E-state index in [2.05, 4.69) is 76.3 Å². The van der Waals surface area contributed by atoms with Gasteiger partial charge in [-0.15, -0.1) is 0 Å². The third kappa shape index (κ3) is 3.80. The van der Waals surface area contributed by atoms with Crippen LogP contribution in [0.4, 0.5) is 0 Å². The summed E-state index contributed by atoms with van der Waals surface area (Å²) in [7, 11) is -1.48. The SMILES string of the molecule is CCC(CCO[Si](CC)(CC)CC)(C1C=CC=C1)C1C=CC=C1. The fourth-order valence-electron chi connectivity index (χ4n) is 4.35. The Morgan fingerprint density at radius 3 is 1.57 bits per heavy atom. The van der Waals surface area contributed by atoms with Crippen LogP contribution in [-0.2, 0) is 4.43 Å². The molecule has 0 saturated heterocycles. The van der Waals surface area contributed by atoms with E-state index in [4.69, 9.17) is 4.43 Å². The zero-order valence-electron chi connectivity index (χ0n) is 15.4. The third-order valence-electron chi connectivity index (χ3n) is 6.39. The molecule has 0 amide bonds. The largest absolute Gasteiger partial charge is 0.417 e. The lowest BCUT2D eigenvalue weighted by Gasteiger charge is -2.42. The summed E-state index contributed by atoms with van der Waals surface area (Å²) in [4.78, 5) is 0. The molecule has 0 spiro atoms. The molecule has 128 valence electrons. The molecule has 0 fully saturated rings. The average molecular weight is 331 g/mol.